The molecule has 2 aromatic rings. The van der Waals surface area contributed by atoms with Gasteiger partial charge in [-0.05, 0) is 112 Å². The fourth-order valence-corrected chi connectivity index (χ4v) is 4.77. The molecule has 3 rings (SSSR count). The van der Waals surface area contributed by atoms with Gasteiger partial charge in [0.1, 0.15) is 30.2 Å². The number of anilines is 2. The Morgan fingerprint density at radius 1 is 0.739 bits per heavy atom. The Labute approximate surface area is 275 Å². The van der Waals surface area contributed by atoms with E-state index in [4.69, 9.17) is 23.7 Å². The minimum Gasteiger partial charge on any atom is -0.460 e. The van der Waals surface area contributed by atoms with Gasteiger partial charge in [0.05, 0.1) is 48.9 Å². The molecule has 0 bridgehead atoms. The SMILES string of the molecule is CC(C)(C)Nc1cc(COC(C)(C)C)ccc1OC1OC(CO)C(OCC(C)(C)Nc2ccc(COC(C)(C)C)cc2)C(O)C1O. The van der Waals surface area contributed by atoms with Crippen molar-refractivity contribution < 1.29 is 39.0 Å². The minimum atomic E-state index is -1.43. The highest BCUT2D eigenvalue weighted by atomic mass is 16.7. The maximum atomic E-state index is 11.1. The van der Waals surface area contributed by atoms with E-state index >= 15 is 0 Å². The Kier molecular flexibility index (Phi) is 12.6. The largest absolute Gasteiger partial charge is 0.460 e. The van der Waals surface area contributed by atoms with Gasteiger partial charge >= 0.3 is 0 Å². The summed E-state index contributed by atoms with van der Waals surface area (Å²) < 4.78 is 30.0. The molecule has 0 saturated carbocycles. The first-order chi connectivity index (χ1) is 21.1. The molecular formula is C36H58N2O8. The molecule has 1 aliphatic heterocycles. The summed E-state index contributed by atoms with van der Waals surface area (Å²) in [6, 6.07) is 13.6. The van der Waals surface area contributed by atoms with Crippen molar-refractivity contribution in [1.82, 2.24) is 0 Å². The molecule has 1 fully saturated rings. The molecule has 2 aromatic carbocycles. The predicted molar refractivity (Wildman–Crippen MR) is 181 cm³/mol. The number of ether oxygens (including phenoxy) is 5. The second kappa shape index (κ2) is 15.2. The molecule has 0 spiro atoms. The van der Waals surface area contributed by atoms with Crippen LogP contribution in [-0.2, 0) is 32.2 Å². The summed E-state index contributed by atoms with van der Waals surface area (Å²) in [5.41, 5.74) is 2.26. The van der Waals surface area contributed by atoms with E-state index < -0.39 is 42.9 Å². The third-order valence-electron chi connectivity index (χ3n) is 7.03. The molecule has 10 heteroatoms. The number of aliphatic hydroxyl groups excluding tert-OH is 3. The first kappa shape index (κ1) is 38.0. The highest BCUT2D eigenvalue weighted by Gasteiger charge is 2.47. The monoisotopic (exact) mass is 646 g/mol. The zero-order valence-electron chi connectivity index (χ0n) is 29.6. The maximum Gasteiger partial charge on any atom is 0.229 e. The summed E-state index contributed by atoms with van der Waals surface area (Å²) in [5, 5.41) is 39.3. The summed E-state index contributed by atoms with van der Waals surface area (Å²) in [7, 11) is 0. The minimum absolute atomic E-state index is 0.166. The summed E-state index contributed by atoms with van der Waals surface area (Å²) in [6.45, 7) is 22.8. The van der Waals surface area contributed by atoms with E-state index in [0.29, 0.717) is 24.7 Å². The van der Waals surface area contributed by atoms with Crippen LogP contribution in [-0.4, -0.2) is 81.5 Å². The van der Waals surface area contributed by atoms with Crippen LogP contribution in [0.1, 0.15) is 87.3 Å². The number of hydrogen-bond acceptors (Lipinski definition) is 10. The smallest absolute Gasteiger partial charge is 0.229 e. The Morgan fingerprint density at radius 2 is 1.30 bits per heavy atom. The lowest BCUT2D eigenvalue weighted by molar-refractivity contribution is -0.286. The molecule has 46 heavy (non-hydrogen) atoms. The Morgan fingerprint density at radius 3 is 1.85 bits per heavy atom. The van der Waals surface area contributed by atoms with Crippen LogP contribution in [0.15, 0.2) is 42.5 Å². The summed E-state index contributed by atoms with van der Waals surface area (Å²) in [4.78, 5) is 0. The lowest BCUT2D eigenvalue weighted by atomic mass is 9.98. The highest BCUT2D eigenvalue weighted by Crippen LogP contribution is 2.33. The standard InChI is InChI=1S/C36H58N2O8/c1-33(2,3)38-26-18-24(21-44-35(7,8)9)14-17-27(26)45-32-30(41)29(40)31(28(19-39)46-32)42-22-36(10,11)37-25-15-12-23(13-16-25)20-43-34(4,5)6/h12-18,28-32,37-41H,19-22H2,1-11H3. The van der Waals surface area contributed by atoms with Gasteiger partial charge in [0, 0.05) is 11.2 Å². The van der Waals surface area contributed by atoms with Crippen LogP contribution in [0.3, 0.4) is 0 Å². The lowest BCUT2D eigenvalue weighted by Gasteiger charge is -2.43. The number of aliphatic hydroxyl groups is 3. The normalized spacial score (nSPS) is 22.9. The van der Waals surface area contributed by atoms with E-state index in [1.807, 2.05) is 113 Å². The number of hydrogen-bond donors (Lipinski definition) is 5. The highest BCUT2D eigenvalue weighted by molar-refractivity contribution is 5.59. The number of benzene rings is 2. The first-order valence-corrected chi connectivity index (χ1v) is 16.1. The molecule has 10 nitrogen and oxygen atoms in total. The van der Waals surface area contributed by atoms with Crippen LogP contribution in [0, 0.1) is 0 Å². The van der Waals surface area contributed by atoms with Gasteiger partial charge in [-0.2, -0.15) is 0 Å². The molecule has 5 unspecified atom stereocenters. The van der Waals surface area contributed by atoms with Gasteiger partial charge in [0.15, 0.2) is 0 Å². The lowest BCUT2D eigenvalue weighted by Crippen LogP contribution is -2.61. The molecule has 1 heterocycles. The Bertz CT molecular complexity index is 1230. The van der Waals surface area contributed by atoms with E-state index in [-0.39, 0.29) is 23.3 Å². The van der Waals surface area contributed by atoms with Gasteiger partial charge in [-0.15, -0.1) is 0 Å². The van der Waals surface area contributed by atoms with Crippen LogP contribution < -0.4 is 15.4 Å². The molecule has 1 saturated heterocycles. The quantitative estimate of drug-likeness (QED) is 0.187. The van der Waals surface area contributed by atoms with Crippen molar-refractivity contribution in [2.24, 2.45) is 0 Å². The Balaban J connectivity index is 1.66. The van der Waals surface area contributed by atoms with Crippen molar-refractivity contribution in [3.63, 3.8) is 0 Å². The van der Waals surface area contributed by atoms with Crippen molar-refractivity contribution >= 4 is 11.4 Å². The first-order valence-electron chi connectivity index (χ1n) is 16.1. The second-order valence-corrected chi connectivity index (χ2v) is 15.8. The fourth-order valence-electron chi connectivity index (χ4n) is 4.77. The van der Waals surface area contributed by atoms with Gasteiger partial charge in [-0.25, -0.2) is 0 Å². The van der Waals surface area contributed by atoms with E-state index in [1.165, 1.54) is 0 Å². The average molecular weight is 647 g/mol. The maximum absolute atomic E-state index is 11.1. The Hall–Kier alpha value is -2.44. The van der Waals surface area contributed by atoms with E-state index in [0.717, 1.165) is 16.8 Å². The van der Waals surface area contributed by atoms with Crippen molar-refractivity contribution in [2.75, 3.05) is 23.8 Å². The average Bonchev–Trinajstić information content (AvgIpc) is 2.92. The van der Waals surface area contributed by atoms with Crippen LogP contribution in [0.4, 0.5) is 11.4 Å². The third kappa shape index (κ3) is 12.3. The number of nitrogens with one attached hydrogen (secondary N) is 2. The van der Waals surface area contributed by atoms with E-state index in [1.54, 1.807) is 6.07 Å². The second-order valence-electron chi connectivity index (χ2n) is 15.8. The third-order valence-corrected chi connectivity index (χ3v) is 7.03. The zero-order chi connectivity index (χ0) is 34.5. The molecule has 0 amide bonds. The van der Waals surface area contributed by atoms with Gasteiger partial charge in [-0.1, -0.05) is 18.2 Å². The van der Waals surface area contributed by atoms with Crippen LogP contribution in [0.2, 0.25) is 0 Å². The summed E-state index contributed by atoms with van der Waals surface area (Å²) in [6.07, 6.45) is -5.96. The van der Waals surface area contributed by atoms with Crippen molar-refractivity contribution in [3.8, 4) is 5.75 Å². The topological polar surface area (TPSA) is 131 Å². The molecule has 0 aromatic heterocycles. The van der Waals surface area contributed by atoms with Crippen LogP contribution >= 0.6 is 0 Å². The van der Waals surface area contributed by atoms with Crippen molar-refractivity contribution in [3.05, 3.63) is 53.6 Å². The molecule has 260 valence electrons. The van der Waals surface area contributed by atoms with E-state index in [9.17, 15) is 15.3 Å². The van der Waals surface area contributed by atoms with Gasteiger partial charge < -0.3 is 49.6 Å². The zero-order valence-corrected chi connectivity index (χ0v) is 29.6. The van der Waals surface area contributed by atoms with Crippen molar-refractivity contribution in [2.45, 2.75) is 142 Å². The molecule has 0 aliphatic carbocycles. The fraction of sp³-hybridized carbons (Fsp3) is 0.667. The molecular weight excluding hydrogens is 588 g/mol. The molecule has 5 N–H and O–H groups in total. The van der Waals surface area contributed by atoms with Gasteiger partial charge in [0.25, 0.3) is 0 Å². The molecule has 5 atom stereocenters. The summed E-state index contributed by atoms with van der Waals surface area (Å²) in [5.74, 6) is 0.433. The van der Waals surface area contributed by atoms with Crippen LogP contribution in [0.25, 0.3) is 0 Å². The van der Waals surface area contributed by atoms with Gasteiger partial charge in [0.2, 0.25) is 6.29 Å². The van der Waals surface area contributed by atoms with Crippen molar-refractivity contribution in [1.29, 1.82) is 0 Å². The predicted octanol–water partition coefficient (Wildman–Crippen LogP) is 5.62. The molecule has 0 radical (unpaired) electrons. The van der Waals surface area contributed by atoms with Gasteiger partial charge in [-0.3, -0.25) is 0 Å². The number of rotatable bonds is 13. The molecule has 1 aliphatic rings. The van der Waals surface area contributed by atoms with Crippen LogP contribution in [0.5, 0.6) is 5.75 Å². The van der Waals surface area contributed by atoms with E-state index in [2.05, 4.69) is 10.6 Å². The summed E-state index contributed by atoms with van der Waals surface area (Å²) >= 11 is 0.